The summed E-state index contributed by atoms with van der Waals surface area (Å²) in [6, 6.07) is 1.66. The van der Waals surface area contributed by atoms with Crippen LogP contribution in [0, 0.1) is 0 Å². The summed E-state index contributed by atoms with van der Waals surface area (Å²) in [4.78, 5) is 1.22. The number of halogens is 1. The molecule has 0 radical (unpaired) electrons. The molecule has 1 aromatic heterocycles. The van der Waals surface area contributed by atoms with Crippen LogP contribution in [0.15, 0.2) is 16.3 Å². The van der Waals surface area contributed by atoms with E-state index in [0.717, 1.165) is 11.3 Å². The number of hydrogen-bond donors (Lipinski definition) is 0. The van der Waals surface area contributed by atoms with Crippen LogP contribution in [-0.4, -0.2) is 38.5 Å². The maximum absolute atomic E-state index is 12.4. The van der Waals surface area contributed by atoms with E-state index in [1.165, 1.54) is 15.6 Å². The third-order valence-corrected chi connectivity index (χ3v) is 6.33. The highest BCUT2D eigenvalue weighted by Gasteiger charge is 2.30. The van der Waals surface area contributed by atoms with Crippen molar-refractivity contribution in [1.82, 2.24) is 4.31 Å². The Morgan fingerprint density at radius 2 is 2.39 bits per heavy atom. The second-order valence-corrected chi connectivity index (χ2v) is 7.35. The average molecular weight is 310 g/mol. The molecule has 102 valence electrons. The molecule has 0 spiro atoms. The van der Waals surface area contributed by atoms with E-state index in [4.69, 9.17) is 16.3 Å². The number of morpholine rings is 1. The van der Waals surface area contributed by atoms with Gasteiger partial charge in [0.05, 0.1) is 23.5 Å². The Hall–Kier alpha value is -0.140. The Kier molecular flexibility index (Phi) is 4.66. The van der Waals surface area contributed by atoms with Gasteiger partial charge in [0.1, 0.15) is 0 Å². The molecule has 4 nitrogen and oxygen atoms in total. The second kappa shape index (κ2) is 5.88. The lowest BCUT2D eigenvalue weighted by atomic mass is 10.2. The van der Waals surface area contributed by atoms with Gasteiger partial charge in [-0.15, -0.1) is 22.9 Å². The molecular weight excluding hydrogens is 294 g/mol. The fraction of sp³-hybridized carbons (Fsp3) is 0.636. The van der Waals surface area contributed by atoms with Crippen molar-refractivity contribution < 1.29 is 13.2 Å². The molecule has 1 aliphatic heterocycles. The Labute approximate surface area is 117 Å². The SMILES string of the molecule is CCC1CN(S(=O)(=O)c2csc(CCl)c2)CCO1. The number of sulfonamides is 1. The number of hydrogen-bond acceptors (Lipinski definition) is 4. The van der Waals surface area contributed by atoms with Gasteiger partial charge >= 0.3 is 0 Å². The van der Waals surface area contributed by atoms with Gasteiger partial charge in [-0.25, -0.2) is 8.42 Å². The van der Waals surface area contributed by atoms with Crippen molar-refractivity contribution in [3.05, 3.63) is 16.3 Å². The van der Waals surface area contributed by atoms with Crippen molar-refractivity contribution >= 4 is 33.0 Å². The summed E-state index contributed by atoms with van der Waals surface area (Å²) in [5, 5.41) is 1.66. The molecular formula is C11H16ClNO3S2. The zero-order valence-electron chi connectivity index (χ0n) is 10.1. The highest BCUT2D eigenvalue weighted by molar-refractivity contribution is 7.89. The van der Waals surface area contributed by atoms with Crippen LogP contribution in [0.1, 0.15) is 18.2 Å². The lowest BCUT2D eigenvalue weighted by molar-refractivity contribution is -0.00277. The van der Waals surface area contributed by atoms with Gasteiger partial charge in [0.15, 0.2) is 0 Å². The van der Waals surface area contributed by atoms with E-state index in [-0.39, 0.29) is 6.10 Å². The van der Waals surface area contributed by atoms with E-state index in [9.17, 15) is 8.42 Å². The van der Waals surface area contributed by atoms with Crippen molar-refractivity contribution in [3.63, 3.8) is 0 Å². The normalized spacial score (nSPS) is 22.2. The van der Waals surface area contributed by atoms with E-state index < -0.39 is 10.0 Å². The maximum Gasteiger partial charge on any atom is 0.244 e. The fourth-order valence-electron chi connectivity index (χ4n) is 1.87. The van der Waals surface area contributed by atoms with Gasteiger partial charge in [-0.05, 0) is 12.5 Å². The van der Waals surface area contributed by atoms with E-state index in [0.29, 0.717) is 30.5 Å². The lowest BCUT2D eigenvalue weighted by Crippen LogP contribution is -2.45. The van der Waals surface area contributed by atoms with Gasteiger partial charge in [0, 0.05) is 23.3 Å². The number of ether oxygens (including phenoxy) is 1. The third kappa shape index (κ3) is 2.88. The zero-order chi connectivity index (χ0) is 13.2. The van der Waals surface area contributed by atoms with E-state index >= 15 is 0 Å². The summed E-state index contributed by atoms with van der Waals surface area (Å²) in [7, 11) is -3.39. The Morgan fingerprint density at radius 1 is 1.61 bits per heavy atom. The first-order chi connectivity index (χ1) is 8.57. The minimum atomic E-state index is -3.39. The molecule has 7 heteroatoms. The zero-order valence-corrected chi connectivity index (χ0v) is 12.5. The summed E-state index contributed by atoms with van der Waals surface area (Å²) >= 11 is 7.08. The van der Waals surface area contributed by atoms with E-state index in [1.54, 1.807) is 11.4 Å². The summed E-state index contributed by atoms with van der Waals surface area (Å²) < 4.78 is 31.8. The lowest BCUT2D eigenvalue weighted by Gasteiger charge is -2.31. The fourth-order valence-corrected chi connectivity index (χ4v) is 4.70. The summed E-state index contributed by atoms with van der Waals surface area (Å²) in [6.45, 7) is 3.32. The van der Waals surface area contributed by atoms with Gasteiger partial charge in [-0.2, -0.15) is 4.31 Å². The van der Waals surface area contributed by atoms with Gasteiger partial charge < -0.3 is 4.74 Å². The van der Waals surface area contributed by atoms with Crippen molar-refractivity contribution in [2.45, 2.75) is 30.2 Å². The first kappa shape index (κ1) is 14.3. The molecule has 1 aliphatic rings. The molecule has 0 aromatic carbocycles. The first-order valence-corrected chi connectivity index (χ1v) is 8.68. The number of alkyl halides is 1. The van der Waals surface area contributed by atoms with Crippen LogP contribution in [0.5, 0.6) is 0 Å². The highest BCUT2D eigenvalue weighted by Crippen LogP contribution is 2.25. The largest absolute Gasteiger partial charge is 0.375 e. The smallest absolute Gasteiger partial charge is 0.244 e. The van der Waals surface area contributed by atoms with E-state index in [1.807, 2.05) is 6.92 Å². The van der Waals surface area contributed by atoms with Crippen LogP contribution < -0.4 is 0 Å². The summed E-state index contributed by atoms with van der Waals surface area (Å²) in [5.74, 6) is 0.348. The van der Waals surface area contributed by atoms with Gasteiger partial charge in [0.2, 0.25) is 10.0 Å². The molecule has 1 fully saturated rings. The Bertz CT molecular complexity index is 500. The van der Waals surface area contributed by atoms with Crippen LogP contribution >= 0.6 is 22.9 Å². The van der Waals surface area contributed by atoms with Gasteiger partial charge in [0.25, 0.3) is 0 Å². The van der Waals surface area contributed by atoms with Crippen molar-refractivity contribution in [2.75, 3.05) is 19.7 Å². The number of rotatable bonds is 4. The van der Waals surface area contributed by atoms with Crippen LogP contribution in [-0.2, 0) is 20.6 Å². The van der Waals surface area contributed by atoms with Gasteiger partial charge in [-0.3, -0.25) is 0 Å². The van der Waals surface area contributed by atoms with Crippen molar-refractivity contribution in [1.29, 1.82) is 0 Å². The van der Waals surface area contributed by atoms with Crippen LogP contribution in [0.4, 0.5) is 0 Å². The standard InChI is InChI=1S/C11H16ClNO3S2/c1-2-9-7-13(3-4-16-9)18(14,15)11-5-10(6-12)17-8-11/h5,8-9H,2-4,6-7H2,1H3. The number of thiophene rings is 1. The van der Waals surface area contributed by atoms with Crippen LogP contribution in [0.3, 0.4) is 0 Å². The minimum Gasteiger partial charge on any atom is -0.375 e. The Balaban J connectivity index is 2.19. The highest BCUT2D eigenvalue weighted by atomic mass is 35.5. The number of nitrogens with zero attached hydrogens (tertiary/aromatic N) is 1. The molecule has 1 unspecified atom stereocenters. The summed E-state index contributed by atoms with van der Waals surface area (Å²) in [6.07, 6.45) is 0.822. The van der Waals surface area contributed by atoms with Gasteiger partial charge in [-0.1, -0.05) is 6.92 Å². The Morgan fingerprint density at radius 3 is 3.00 bits per heavy atom. The predicted molar refractivity (Wildman–Crippen MR) is 72.7 cm³/mol. The molecule has 0 N–H and O–H groups in total. The van der Waals surface area contributed by atoms with Crippen LogP contribution in [0.25, 0.3) is 0 Å². The van der Waals surface area contributed by atoms with Crippen LogP contribution in [0.2, 0.25) is 0 Å². The first-order valence-electron chi connectivity index (χ1n) is 5.83. The topological polar surface area (TPSA) is 46.6 Å². The maximum atomic E-state index is 12.4. The molecule has 0 aliphatic carbocycles. The molecule has 1 atom stereocenters. The summed E-state index contributed by atoms with van der Waals surface area (Å²) in [5.41, 5.74) is 0. The molecule has 0 saturated carbocycles. The molecule has 2 rings (SSSR count). The second-order valence-electron chi connectivity index (χ2n) is 4.15. The monoisotopic (exact) mass is 309 g/mol. The molecule has 1 saturated heterocycles. The predicted octanol–water partition coefficient (Wildman–Crippen LogP) is 2.29. The molecule has 0 bridgehead atoms. The molecule has 0 amide bonds. The van der Waals surface area contributed by atoms with Crippen molar-refractivity contribution in [2.24, 2.45) is 0 Å². The minimum absolute atomic E-state index is 0.000317. The average Bonchev–Trinajstić information content (AvgIpc) is 2.88. The van der Waals surface area contributed by atoms with E-state index in [2.05, 4.69) is 0 Å². The van der Waals surface area contributed by atoms with Crippen molar-refractivity contribution in [3.8, 4) is 0 Å². The molecule has 1 aromatic rings. The molecule has 18 heavy (non-hydrogen) atoms. The third-order valence-electron chi connectivity index (χ3n) is 2.96. The molecule has 2 heterocycles. The quantitative estimate of drug-likeness (QED) is 0.802.